The molecule has 0 saturated carbocycles. The van der Waals surface area contributed by atoms with Gasteiger partial charge in [-0.1, -0.05) is 23.8 Å². The lowest BCUT2D eigenvalue weighted by Crippen LogP contribution is -2.49. The van der Waals surface area contributed by atoms with E-state index < -0.39 is 11.8 Å². The fourth-order valence-electron chi connectivity index (χ4n) is 3.81. The number of rotatable bonds is 5. The molecule has 8 heteroatoms. The fourth-order valence-corrected chi connectivity index (χ4v) is 3.81. The first-order valence-corrected chi connectivity index (χ1v) is 10.5. The summed E-state index contributed by atoms with van der Waals surface area (Å²) in [6, 6.07) is 13.1. The van der Waals surface area contributed by atoms with Crippen molar-refractivity contribution in [3.05, 3.63) is 53.6 Å². The van der Waals surface area contributed by atoms with E-state index in [4.69, 9.17) is 9.47 Å². The summed E-state index contributed by atoms with van der Waals surface area (Å²) in [5, 5.41) is 5.45. The maximum Gasteiger partial charge on any atom is 0.313 e. The Morgan fingerprint density at radius 3 is 2.42 bits per heavy atom. The Hall–Kier alpha value is -3.10. The van der Waals surface area contributed by atoms with Crippen molar-refractivity contribution in [3.63, 3.8) is 0 Å². The summed E-state index contributed by atoms with van der Waals surface area (Å²) in [6.45, 7) is 6.15. The molecule has 2 amide bonds. The molecule has 1 fully saturated rings. The molecule has 1 atom stereocenters. The average molecular weight is 425 g/mol. The summed E-state index contributed by atoms with van der Waals surface area (Å²) in [6.07, 6.45) is 0. The van der Waals surface area contributed by atoms with Crippen LogP contribution in [0.3, 0.4) is 0 Å². The van der Waals surface area contributed by atoms with E-state index in [0.717, 1.165) is 43.1 Å². The van der Waals surface area contributed by atoms with Gasteiger partial charge >= 0.3 is 11.8 Å². The van der Waals surface area contributed by atoms with Gasteiger partial charge in [0.25, 0.3) is 0 Å². The minimum Gasteiger partial charge on any atom is -0.454 e. The van der Waals surface area contributed by atoms with Crippen LogP contribution in [0.25, 0.3) is 0 Å². The first kappa shape index (κ1) is 21.1. The first-order valence-electron chi connectivity index (χ1n) is 10.5. The molecule has 2 N–H and O–H groups in total. The number of nitrogens with one attached hydrogen (secondary N) is 2. The molecule has 8 nitrogen and oxygen atoms in total. The number of benzene rings is 2. The van der Waals surface area contributed by atoms with E-state index in [1.54, 1.807) is 12.1 Å². The van der Waals surface area contributed by atoms with Crippen molar-refractivity contribution in [1.29, 1.82) is 0 Å². The van der Waals surface area contributed by atoms with Crippen molar-refractivity contribution in [2.75, 3.05) is 51.9 Å². The van der Waals surface area contributed by atoms with E-state index in [-0.39, 0.29) is 12.8 Å². The van der Waals surface area contributed by atoms with Crippen LogP contribution in [0.1, 0.15) is 17.2 Å². The van der Waals surface area contributed by atoms with Gasteiger partial charge < -0.3 is 25.0 Å². The molecule has 0 bridgehead atoms. The minimum atomic E-state index is -0.674. The Labute approximate surface area is 182 Å². The van der Waals surface area contributed by atoms with Crippen molar-refractivity contribution < 1.29 is 19.1 Å². The van der Waals surface area contributed by atoms with Gasteiger partial charge in [0, 0.05) is 38.4 Å². The Bertz CT molecular complexity index is 939. The van der Waals surface area contributed by atoms with Crippen LogP contribution in [0.4, 0.5) is 5.69 Å². The van der Waals surface area contributed by atoms with Crippen LogP contribution in [-0.2, 0) is 9.59 Å². The lowest BCUT2D eigenvalue weighted by molar-refractivity contribution is -0.136. The van der Waals surface area contributed by atoms with E-state index >= 15 is 0 Å². The maximum atomic E-state index is 12.5. The molecule has 2 aromatic rings. The Kier molecular flexibility index (Phi) is 6.39. The van der Waals surface area contributed by atoms with Crippen LogP contribution in [0, 0.1) is 6.92 Å². The smallest absolute Gasteiger partial charge is 0.313 e. The molecule has 0 unspecified atom stereocenters. The predicted octanol–water partition coefficient (Wildman–Crippen LogP) is 1.77. The molecule has 4 rings (SSSR count). The number of piperazine rings is 1. The normalized spacial score (nSPS) is 17.2. The lowest BCUT2D eigenvalue weighted by Gasteiger charge is -2.38. The van der Waals surface area contributed by atoms with Crippen molar-refractivity contribution in [2.45, 2.75) is 13.0 Å². The monoisotopic (exact) mass is 424 g/mol. The average Bonchev–Trinajstić information content (AvgIpc) is 3.24. The van der Waals surface area contributed by atoms with Gasteiger partial charge in [-0.2, -0.15) is 0 Å². The molecule has 2 aromatic carbocycles. The van der Waals surface area contributed by atoms with E-state index in [1.807, 2.05) is 37.3 Å². The molecule has 0 aliphatic carbocycles. The fraction of sp³-hybridized carbons (Fsp3) is 0.391. The Balaban J connectivity index is 1.43. The van der Waals surface area contributed by atoms with Crippen LogP contribution in [0.15, 0.2) is 42.5 Å². The number of anilines is 1. The lowest BCUT2D eigenvalue weighted by atomic mass is 10.0. The molecule has 0 spiro atoms. The highest BCUT2D eigenvalue weighted by atomic mass is 16.7. The molecule has 2 heterocycles. The highest BCUT2D eigenvalue weighted by Gasteiger charge is 2.27. The summed E-state index contributed by atoms with van der Waals surface area (Å²) in [5.41, 5.74) is 2.70. The third-order valence-corrected chi connectivity index (χ3v) is 5.73. The van der Waals surface area contributed by atoms with Crippen LogP contribution in [0.2, 0.25) is 0 Å². The van der Waals surface area contributed by atoms with E-state index in [0.29, 0.717) is 18.0 Å². The molecular formula is C23H28N4O4. The molecule has 2 aliphatic heterocycles. The number of hydrogen-bond acceptors (Lipinski definition) is 6. The number of fused-ring (bicyclic) bond motifs is 1. The van der Waals surface area contributed by atoms with Crippen LogP contribution in [0.5, 0.6) is 11.5 Å². The number of carbonyl (C=O) groups is 2. The Morgan fingerprint density at radius 2 is 1.68 bits per heavy atom. The van der Waals surface area contributed by atoms with Gasteiger partial charge in [-0.3, -0.25) is 14.5 Å². The second-order valence-electron chi connectivity index (χ2n) is 8.00. The summed E-state index contributed by atoms with van der Waals surface area (Å²) in [7, 11) is 2.10. The van der Waals surface area contributed by atoms with Crippen LogP contribution in [-0.4, -0.2) is 68.2 Å². The number of carbonyl (C=O) groups excluding carboxylic acids is 2. The highest BCUT2D eigenvalue weighted by molar-refractivity contribution is 6.39. The standard InChI is InChI=1S/C23H28N4O4/c1-16-3-6-18(7-4-16)25-23(29)22(28)24-14-19(27-11-9-26(2)10-12-27)17-5-8-20-21(13-17)31-15-30-20/h3-8,13,19H,9-12,14-15H2,1-2H3,(H,24,28)(H,25,29)/t19-/m1/s1. The number of ether oxygens (including phenoxy) is 2. The summed E-state index contributed by atoms with van der Waals surface area (Å²) >= 11 is 0. The number of aryl methyl sites for hydroxylation is 1. The molecule has 164 valence electrons. The van der Waals surface area contributed by atoms with Gasteiger partial charge in [-0.15, -0.1) is 0 Å². The van der Waals surface area contributed by atoms with Gasteiger partial charge in [-0.05, 0) is 43.8 Å². The zero-order valence-electron chi connectivity index (χ0n) is 17.9. The van der Waals surface area contributed by atoms with Gasteiger partial charge in [0.15, 0.2) is 11.5 Å². The zero-order valence-corrected chi connectivity index (χ0v) is 17.9. The molecule has 0 aromatic heterocycles. The summed E-state index contributed by atoms with van der Waals surface area (Å²) in [4.78, 5) is 29.4. The van der Waals surface area contributed by atoms with Crippen molar-refractivity contribution in [1.82, 2.24) is 15.1 Å². The maximum absolute atomic E-state index is 12.5. The van der Waals surface area contributed by atoms with E-state index in [9.17, 15) is 9.59 Å². The second kappa shape index (κ2) is 9.36. The van der Waals surface area contributed by atoms with Crippen LogP contribution < -0.4 is 20.1 Å². The quantitative estimate of drug-likeness (QED) is 0.712. The van der Waals surface area contributed by atoms with Crippen molar-refractivity contribution in [2.24, 2.45) is 0 Å². The first-order chi connectivity index (χ1) is 15.0. The minimum absolute atomic E-state index is 0.0701. The topological polar surface area (TPSA) is 83.1 Å². The summed E-state index contributed by atoms with van der Waals surface area (Å²) < 4.78 is 11.0. The number of hydrogen-bond donors (Lipinski definition) is 2. The number of amides is 2. The molecule has 2 aliphatic rings. The molecule has 1 saturated heterocycles. The number of likely N-dealkylation sites (N-methyl/N-ethyl adjacent to an activating group) is 1. The predicted molar refractivity (Wildman–Crippen MR) is 117 cm³/mol. The molecular weight excluding hydrogens is 396 g/mol. The molecule has 0 radical (unpaired) electrons. The van der Waals surface area contributed by atoms with Gasteiger partial charge in [0.1, 0.15) is 0 Å². The van der Waals surface area contributed by atoms with Gasteiger partial charge in [0.05, 0.1) is 6.04 Å². The second-order valence-corrected chi connectivity index (χ2v) is 8.00. The Morgan fingerprint density at radius 1 is 0.968 bits per heavy atom. The zero-order chi connectivity index (χ0) is 21.8. The van der Waals surface area contributed by atoms with Crippen molar-refractivity contribution in [3.8, 4) is 11.5 Å². The highest BCUT2D eigenvalue weighted by Crippen LogP contribution is 2.35. The number of nitrogens with zero attached hydrogens (tertiary/aromatic N) is 2. The van der Waals surface area contributed by atoms with Crippen LogP contribution >= 0.6 is 0 Å². The van der Waals surface area contributed by atoms with Crippen molar-refractivity contribution >= 4 is 17.5 Å². The third-order valence-electron chi connectivity index (χ3n) is 5.73. The van der Waals surface area contributed by atoms with E-state index in [1.165, 1.54) is 0 Å². The SMILES string of the molecule is Cc1ccc(NC(=O)C(=O)NC[C@H](c2ccc3c(c2)OCO3)N2CCN(C)CC2)cc1. The summed E-state index contributed by atoms with van der Waals surface area (Å²) in [5.74, 6) is 0.106. The molecule has 31 heavy (non-hydrogen) atoms. The van der Waals surface area contributed by atoms with Gasteiger partial charge in [0.2, 0.25) is 6.79 Å². The van der Waals surface area contributed by atoms with Gasteiger partial charge in [-0.25, -0.2) is 0 Å². The van der Waals surface area contributed by atoms with E-state index in [2.05, 4.69) is 27.5 Å². The third kappa shape index (κ3) is 5.15. The largest absolute Gasteiger partial charge is 0.454 e.